The first kappa shape index (κ1) is 14.5. The molecule has 3 nitrogen and oxygen atoms in total. The monoisotopic (exact) mass is 258 g/mol. The molecule has 98 valence electrons. The van der Waals surface area contributed by atoms with E-state index in [1.807, 2.05) is 6.92 Å². The highest BCUT2D eigenvalue weighted by Crippen LogP contribution is 2.28. The third kappa shape index (κ3) is 3.46. The molecule has 17 heavy (non-hydrogen) atoms. The van der Waals surface area contributed by atoms with Gasteiger partial charge >= 0.3 is 0 Å². The van der Waals surface area contributed by atoms with Crippen molar-refractivity contribution in [3.05, 3.63) is 17.0 Å². The van der Waals surface area contributed by atoms with Crippen LogP contribution in [-0.4, -0.2) is 23.5 Å². The molecule has 1 aromatic heterocycles. The van der Waals surface area contributed by atoms with Crippen LogP contribution in [0.2, 0.25) is 0 Å². The van der Waals surface area contributed by atoms with E-state index < -0.39 is 0 Å². The van der Waals surface area contributed by atoms with E-state index in [2.05, 4.69) is 23.6 Å². The minimum absolute atomic E-state index is 0.0380. The van der Waals surface area contributed by atoms with Crippen LogP contribution in [0.15, 0.2) is 0 Å². The van der Waals surface area contributed by atoms with Gasteiger partial charge in [0.05, 0.1) is 11.1 Å². The first-order valence-corrected chi connectivity index (χ1v) is 6.80. The maximum atomic E-state index is 6.27. The summed E-state index contributed by atoms with van der Waals surface area (Å²) in [5.74, 6) is 0. The highest BCUT2D eigenvalue weighted by Gasteiger charge is 2.18. The van der Waals surface area contributed by atoms with Gasteiger partial charge < -0.3 is 4.74 Å². The summed E-state index contributed by atoms with van der Waals surface area (Å²) in [6.07, 6.45) is 2.91. The van der Waals surface area contributed by atoms with Gasteiger partial charge in [0, 0.05) is 31.5 Å². The van der Waals surface area contributed by atoms with Crippen LogP contribution >= 0.6 is 11.6 Å². The van der Waals surface area contributed by atoms with E-state index in [0.717, 1.165) is 38.1 Å². The minimum Gasteiger partial charge on any atom is -0.385 e. The molecule has 0 bridgehead atoms. The number of halogens is 1. The standard InChI is InChI=1S/C13H23ClN2O/c1-5-11-13(10(3)14)12(6-2)16(15-11)8-7-9-17-4/h10H,5-9H2,1-4H3. The average molecular weight is 259 g/mol. The SMILES string of the molecule is CCc1nn(CCCOC)c(CC)c1C(C)Cl. The highest BCUT2D eigenvalue weighted by molar-refractivity contribution is 6.20. The number of rotatable bonds is 7. The molecule has 0 saturated heterocycles. The molecular formula is C13H23ClN2O. The minimum atomic E-state index is 0.0380. The predicted molar refractivity (Wildman–Crippen MR) is 71.7 cm³/mol. The zero-order chi connectivity index (χ0) is 12.8. The van der Waals surface area contributed by atoms with Gasteiger partial charge in [0.2, 0.25) is 0 Å². The molecule has 0 aliphatic rings. The summed E-state index contributed by atoms with van der Waals surface area (Å²) in [4.78, 5) is 0. The van der Waals surface area contributed by atoms with Crippen molar-refractivity contribution in [2.45, 2.75) is 52.0 Å². The van der Waals surface area contributed by atoms with Gasteiger partial charge in [0.25, 0.3) is 0 Å². The molecule has 1 heterocycles. The Hall–Kier alpha value is -0.540. The molecule has 1 unspecified atom stereocenters. The Morgan fingerprint density at radius 2 is 2.06 bits per heavy atom. The third-order valence-electron chi connectivity index (χ3n) is 2.96. The first-order valence-electron chi connectivity index (χ1n) is 6.37. The maximum absolute atomic E-state index is 6.27. The lowest BCUT2D eigenvalue weighted by atomic mass is 10.1. The van der Waals surface area contributed by atoms with Crippen LogP contribution in [0.4, 0.5) is 0 Å². The quantitative estimate of drug-likeness (QED) is 0.554. The van der Waals surface area contributed by atoms with E-state index in [4.69, 9.17) is 16.3 Å². The molecular weight excluding hydrogens is 236 g/mol. The smallest absolute Gasteiger partial charge is 0.0671 e. The normalized spacial score (nSPS) is 13.0. The van der Waals surface area contributed by atoms with Crippen LogP contribution < -0.4 is 0 Å². The maximum Gasteiger partial charge on any atom is 0.0671 e. The van der Waals surface area contributed by atoms with Crippen LogP contribution in [0.3, 0.4) is 0 Å². The van der Waals surface area contributed by atoms with Crippen molar-refractivity contribution < 1.29 is 4.74 Å². The second kappa shape index (κ2) is 7.02. The number of ether oxygens (including phenoxy) is 1. The van der Waals surface area contributed by atoms with E-state index in [-0.39, 0.29) is 5.38 Å². The summed E-state index contributed by atoms with van der Waals surface area (Å²) in [6, 6.07) is 0. The number of hydrogen-bond acceptors (Lipinski definition) is 2. The predicted octanol–water partition coefficient (Wildman–Crippen LogP) is 3.34. The second-order valence-corrected chi connectivity index (χ2v) is 4.85. The van der Waals surface area contributed by atoms with Crippen molar-refractivity contribution >= 4 is 11.6 Å². The fourth-order valence-corrected chi connectivity index (χ4v) is 2.45. The Morgan fingerprint density at radius 3 is 2.53 bits per heavy atom. The van der Waals surface area contributed by atoms with Crippen LogP contribution in [-0.2, 0) is 24.1 Å². The second-order valence-electron chi connectivity index (χ2n) is 4.20. The Balaban J connectivity index is 2.96. The molecule has 1 aromatic rings. The average Bonchev–Trinajstić information content (AvgIpc) is 2.67. The lowest BCUT2D eigenvalue weighted by molar-refractivity contribution is 0.188. The van der Waals surface area contributed by atoms with Gasteiger partial charge in [-0.2, -0.15) is 5.10 Å². The summed E-state index contributed by atoms with van der Waals surface area (Å²) < 4.78 is 7.18. The lowest BCUT2D eigenvalue weighted by Gasteiger charge is -2.09. The molecule has 0 saturated carbocycles. The number of aromatic nitrogens is 2. The van der Waals surface area contributed by atoms with Gasteiger partial charge in [-0.25, -0.2) is 0 Å². The molecule has 0 amide bonds. The first-order chi connectivity index (χ1) is 8.15. The molecule has 0 aromatic carbocycles. The molecule has 0 radical (unpaired) electrons. The molecule has 1 rings (SSSR count). The largest absolute Gasteiger partial charge is 0.385 e. The molecule has 0 aliphatic heterocycles. The van der Waals surface area contributed by atoms with Gasteiger partial charge in [-0.15, -0.1) is 11.6 Å². The number of methoxy groups -OCH3 is 1. The van der Waals surface area contributed by atoms with E-state index in [9.17, 15) is 0 Å². The Kier molecular flexibility index (Phi) is 6.00. The van der Waals surface area contributed by atoms with E-state index >= 15 is 0 Å². The molecule has 1 atom stereocenters. The van der Waals surface area contributed by atoms with Crippen LogP contribution in [0.5, 0.6) is 0 Å². The van der Waals surface area contributed by atoms with Crippen molar-refractivity contribution in [2.24, 2.45) is 0 Å². The lowest BCUT2D eigenvalue weighted by Crippen LogP contribution is -2.07. The van der Waals surface area contributed by atoms with E-state index in [0.29, 0.717) is 0 Å². The van der Waals surface area contributed by atoms with Crippen LogP contribution in [0.25, 0.3) is 0 Å². The molecule has 0 aliphatic carbocycles. The van der Waals surface area contributed by atoms with Crippen molar-refractivity contribution in [2.75, 3.05) is 13.7 Å². The summed E-state index contributed by atoms with van der Waals surface area (Å²) in [7, 11) is 1.73. The highest BCUT2D eigenvalue weighted by atomic mass is 35.5. The number of hydrogen-bond donors (Lipinski definition) is 0. The zero-order valence-electron chi connectivity index (χ0n) is 11.3. The topological polar surface area (TPSA) is 27.1 Å². The third-order valence-corrected chi connectivity index (χ3v) is 3.18. The molecule has 0 N–H and O–H groups in total. The Bertz CT molecular complexity index is 347. The van der Waals surface area contributed by atoms with Crippen molar-refractivity contribution in [1.29, 1.82) is 0 Å². The molecule has 4 heteroatoms. The summed E-state index contributed by atoms with van der Waals surface area (Å²) >= 11 is 6.27. The summed E-state index contributed by atoms with van der Waals surface area (Å²) in [6.45, 7) is 8.00. The Morgan fingerprint density at radius 1 is 1.35 bits per heavy atom. The van der Waals surface area contributed by atoms with Crippen molar-refractivity contribution in [3.8, 4) is 0 Å². The summed E-state index contributed by atoms with van der Waals surface area (Å²) in [5.41, 5.74) is 3.65. The number of nitrogens with zero attached hydrogens (tertiary/aromatic N) is 2. The number of aryl methyl sites for hydroxylation is 2. The fraction of sp³-hybridized carbons (Fsp3) is 0.769. The fourth-order valence-electron chi connectivity index (χ4n) is 2.20. The van der Waals surface area contributed by atoms with Gasteiger partial charge in [0.15, 0.2) is 0 Å². The molecule has 0 spiro atoms. The molecule has 0 fully saturated rings. The van der Waals surface area contributed by atoms with E-state index in [1.54, 1.807) is 7.11 Å². The number of alkyl halides is 1. The summed E-state index contributed by atoms with van der Waals surface area (Å²) in [5, 5.41) is 4.71. The van der Waals surface area contributed by atoms with Gasteiger partial charge in [-0.1, -0.05) is 13.8 Å². The van der Waals surface area contributed by atoms with Crippen LogP contribution in [0, 0.1) is 0 Å². The van der Waals surface area contributed by atoms with Gasteiger partial charge in [-0.3, -0.25) is 4.68 Å². The van der Waals surface area contributed by atoms with E-state index in [1.165, 1.54) is 11.3 Å². The zero-order valence-corrected chi connectivity index (χ0v) is 12.0. The van der Waals surface area contributed by atoms with Gasteiger partial charge in [0.1, 0.15) is 0 Å². The Labute approximate surface area is 109 Å². The van der Waals surface area contributed by atoms with Crippen molar-refractivity contribution in [3.63, 3.8) is 0 Å². The van der Waals surface area contributed by atoms with Gasteiger partial charge in [-0.05, 0) is 26.2 Å². The van der Waals surface area contributed by atoms with Crippen LogP contribution in [0.1, 0.15) is 49.5 Å². The van der Waals surface area contributed by atoms with Crippen molar-refractivity contribution in [1.82, 2.24) is 9.78 Å².